The zero-order valence-electron chi connectivity index (χ0n) is 13.0. The van der Waals surface area contributed by atoms with Gasteiger partial charge in [-0.2, -0.15) is 13.2 Å². The second-order valence-electron chi connectivity index (χ2n) is 5.58. The first-order valence-electron chi connectivity index (χ1n) is 7.50. The van der Waals surface area contributed by atoms with Gasteiger partial charge in [0.05, 0.1) is 11.3 Å². The molecule has 0 aliphatic rings. The molecule has 2 aromatic carbocycles. The number of halogens is 3. The van der Waals surface area contributed by atoms with Gasteiger partial charge in [-0.25, -0.2) is 4.68 Å². The highest BCUT2D eigenvalue weighted by molar-refractivity contribution is 5.87. The number of aromatic amines is 1. The van der Waals surface area contributed by atoms with Crippen LogP contribution in [0.4, 0.5) is 13.2 Å². The molecular formula is C17H10F3N5O. The third-order valence-corrected chi connectivity index (χ3v) is 3.97. The number of aromatic nitrogens is 5. The van der Waals surface area contributed by atoms with Gasteiger partial charge in [-0.1, -0.05) is 24.3 Å². The maximum absolute atomic E-state index is 13.2. The summed E-state index contributed by atoms with van der Waals surface area (Å²) in [5.74, 6) is 0. The van der Waals surface area contributed by atoms with Crippen molar-refractivity contribution in [2.45, 2.75) is 6.18 Å². The minimum absolute atomic E-state index is 0.0800. The lowest BCUT2D eigenvalue weighted by Crippen LogP contribution is -2.11. The minimum Gasteiger partial charge on any atom is -0.321 e. The number of nitrogens with one attached hydrogen (secondary N) is 1. The molecule has 0 aliphatic carbocycles. The Hall–Kier alpha value is -3.49. The van der Waals surface area contributed by atoms with Gasteiger partial charge in [0.15, 0.2) is 0 Å². The maximum atomic E-state index is 13.2. The molecule has 1 N–H and O–H groups in total. The zero-order chi connectivity index (χ0) is 18.3. The molecule has 6 nitrogen and oxygen atoms in total. The fourth-order valence-electron chi connectivity index (χ4n) is 2.78. The standard InChI is InChI=1S/C17H10F3N5O/c18-17(19,20)14-4-2-1-3-12(14)15-7-10-5-6-11(25-9-21-23-24-25)8-13(10)16(26)22-15/h1-9H,(H,22,26). The predicted octanol–water partition coefficient (Wildman–Crippen LogP) is 3.19. The molecule has 2 aromatic heterocycles. The van der Waals surface area contributed by atoms with Crippen molar-refractivity contribution in [3.8, 4) is 16.9 Å². The van der Waals surface area contributed by atoms with Gasteiger partial charge >= 0.3 is 6.18 Å². The van der Waals surface area contributed by atoms with Gasteiger partial charge in [-0.3, -0.25) is 4.79 Å². The lowest BCUT2D eigenvalue weighted by Gasteiger charge is -2.13. The van der Waals surface area contributed by atoms with Crippen LogP contribution in [0.2, 0.25) is 0 Å². The Morgan fingerprint density at radius 2 is 1.85 bits per heavy atom. The highest BCUT2D eigenvalue weighted by Gasteiger charge is 2.33. The SMILES string of the molecule is O=c1[nH]c(-c2ccccc2C(F)(F)F)cc2ccc(-n3cnnn3)cc12. The Labute approximate surface area is 143 Å². The van der Waals surface area contributed by atoms with Crippen molar-refractivity contribution < 1.29 is 13.2 Å². The third kappa shape index (κ3) is 2.73. The van der Waals surface area contributed by atoms with Crippen molar-refractivity contribution in [1.29, 1.82) is 0 Å². The van der Waals surface area contributed by atoms with E-state index in [2.05, 4.69) is 20.5 Å². The summed E-state index contributed by atoms with van der Waals surface area (Å²) >= 11 is 0. The van der Waals surface area contributed by atoms with Crippen molar-refractivity contribution in [2.75, 3.05) is 0 Å². The van der Waals surface area contributed by atoms with Crippen LogP contribution in [-0.2, 0) is 6.18 Å². The number of fused-ring (bicyclic) bond motifs is 1. The molecule has 0 bridgehead atoms. The molecule has 0 radical (unpaired) electrons. The van der Waals surface area contributed by atoms with E-state index in [0.717, 1.165) is 6.07 Å². The number of pyridine rings is 1. The van der Waals surface area contributed by atoms with Crippen LogP contribution >= 0.6 is 0 Å². The minimum atomic E-state index is -4.52. The van der Waals surface area contributed by atoms with Crippen LogP contribution in [0.1, 0.15) is 5.56 Å². The van der Waals surface area contributed by atoms with E-state index in [1.807, 2.05) is 0 Å². The summed E-state index contributed by atoms with van der Waals surface area (Å²) < 4.78 is 41.1. The highest BCUT2D eigenvalue weighted by Crippen LogP contribution is 2.36. The van der Waals surface area contributed by atoms with Crippen LogP contribution in [0.3, 0.4) is 0 Å². The van der Waals surface area contributed by atoms with Crippen LogP contribution in [0.25, 0.3) is 27.7 Å². The van der Waals surface area contributed by atoms with Crippen molar-refractivity contribution in [3.05, 3.63) is 70.8 Å². The second-order valence-corrected chi connectivity index (χ2v) is 5.58. The van der Waals surface area contributed by atoms with Crippen LogP contribution < -0.4 is 5.56 Å². The molecule has 0 aliphatic heterocycles. The molecule has 4 aromatic rings. The number of hydrogen-bond acceptors (Lipinski definition) is 4. The number of rotatable bonds is 2. The Bertz CT molecular complexity index is 1150. The summed E-state index contributed by atoms with van der Waals surface area (Å²) in [6.07, 6.45) is -3.14. The van der Waals surface area contributed by atoms with E-state index in [1.54, 1.807) is 18.2 Å². The van der Waals surface area contributed by atoms with Gasteiger partial charge in [0.25, 0.3) is 5.56 Å². The van der Waals surface area contributed by atoms with E-state index < -0.39 is 17.3 Å². The van der Waals surface area contributed by atoms with Crippen molar-refractivity contribution in [3.63, 3.8) is 0 Å². The van der Waals surface area contributed by atoms with Crippen molar-refractivity contribution in [1.82, 2.24) is 25.2 Å². The van der Waals surface area contributed by atoms with Gasteiger partial charge in [0.2, 0.25) is 0 Å². The molecule has 9 heteroatoms. The summed E-state index contributed by atoms with van der Waals surface area (Å²) in [6.45, 7) is 0. The first-order chi connectivity index (χ1) is 12.4. The molecule has 130 valence electrons. The fraction of sp³-hybridized carbons (Fsp3) is 0.0588. The Morgan fingerprint density at radius 3 is 2.58 bits per heavy atom. The summed E-state index contributed by atoms with van der Waals surface area (Å²) in [6, 6.07) is 11.5. The normalized spacial score (nSPS) is 11.8. The van der Waals surface area contributed by atoms with Crippen LogP contribution in [0, 0.1) is 0 Å². The molecule has 0 saturated carbocycles. The monoisotopic (exact) mass is 357 g/mol. The first-order valence-corrected chi connectivity index (χ1v) is 7.50. The highest BCUT2D eigenvalue weighted by atomic mass is 19.4. The van der Waals surface area contributed by atoms with Gasteiger partial charge in [0.1, 0.15) is 6.33 Å². The molecule has 0 atom stereocenters. The summed E-state index contributed by atoms with van der Waals surface area (Å²) in [7, 11) is 0. The number of hydrogen-bond donors (Lipinski definition) is 1. The van der Waals surface area contributed by atoms with Crippen LogP contribution in [0.5, 0.6) is 0 Å². The van der Waals surface area contributed by atoms with E-state index in [0.29, 0.717) is 16.5 Å². The number of nitrogens with zero attached hydrogens (tertiary/aromatic N) is 4. The molecule has 0 unspecified atom stereocenters. The number of tetrazole rings is 1. The fourth-order valence-corrected chi connectivity index (χ4v) is 2.78. The summed E-state index contributed by atoms with van der Waals surface area (Å²) in [5, 5.41) is 11.6. The number of alkyl halides is 3. The first kappa shape index (κ1) is 16.0. The number of benzene rings is 2. The van der Waals surface area contributed by atoms with Gasteiger partial charge in [-0.15, -0.1) is 5.10 Å². The Kier molecular flexibility index (Phi) is 3.57. The average molecular weight is 357 g/mol. The van der Waals surface area contributed by atoms with Gasteiger partial charge < -0.3 is 4.98 Å². The van der Waals surface area contributed by atoms with Gasteiger partial charge in [0, 0.05) is 16.6 Å². The molecule has 26 heavy (non-hydrogen) atoms. The molecule has 4 rings (SSSR count). The molecule has 0 saturated heterocycles. The zero-order valence-corrected chi connectivity index (χ0v) is 13.0. The van der Waals surface area contributed by atoms with E-state index in [4.69, 9.17) is 0 Å². The predicted molar refractivity (Wildman–Crippen MR) is 87.7 cm³/mol. The lowest BCUT2D eigenvalue weighted by molar-refractivity contribution is -0.137. The van der Waals surface area contributed by atoms with E-state index in [-0.39, 0.29) is 11.3 Å². The molecule has 0 fully saturated rings. The van der Waals surface area contributed by atoms with Crippen molar-refractivity contribution >= 4 is 10.8 Å². The smallest absolute Gasteiger partial charge is 0.321 e. The van der Waals surface area contributed by atoms with E-state index in [1.165, 1.54) is 35.3 Å². The average Bonchev–Trinajstić information content (AvgIpc) is 3.15. The van der Waals surface area contributed by atoms with E-state index in [9.17, 15) is 18.0 Å². The maximum Gasteiger partial charge on any atom is 0.417 e. The topological polar surface area (TPSA) is 76.5 Å². The molecule has 0 amide bonds. The molecule has 0 spiro atoms. The summed E-state index contributed by atoms with van der Waals surface area (Å²) in [5.41, 5.74) is -0.713. The lowest BCUT2D eigenvalue weighted by atomic mass is 10.0. The Morgan fingerprint density at radius 1 is 1.04 bits per heavy atom. The largest absolute Gasteiger partial charge is 0.417 e. The van der Waals surface area contributed by atoms with Crippen LogP contribution in [0.15, 0.2) is 59.7 Å². The molecular weight excluding hydrogens is 347 g/mol. The summed E-state index contributed by atoms with van der Waals surface area (Å²) in [4.78, 5) is 15.0. The Balaban J connectivity index is 1.90. The second kappa shape index (κ2) is 5.80. The third-order valence-electron chi connectivity index (χ3n) is 3.97. The molecule has 2 heterocycles. The quantitative estimate of drug-likeness (QED) is 0.598. The van der Waals surface area contributed by atoms with Crippen molar-refractivity contribution in [2.24, 2.45) is 0 Å². The van der Waals surface area contributed by atoms with Crippen LogP contribution in [-0.4, -0.2) is 25.2 Å². The number of H-pyrrole nitrogens is 1. The van der Waals surface area contributed by atoms with Gasteiger partial charge in [-0.05, 0) is 40.1 Å². The van der Waals surface area contributed by atoms with E-state index >= 15 is 0 Å².